The molecule has 0 aliphatic rings. The Morgan fingerprint density at radius 3 is 2.45 bits per heavy atom. The lowest BCUT2D eigenvalue weighted by Gasteiger charge is -2.24. The molecule has 152 valence electrons. The van der Waals surface area contributed by atoms with E-state index >= 15 is 0 Å². The summed E-state index contributed by atoms with van der Waals surface area (Å²) in [5, 5.41) is 6.72. The van der Waals surface area contributed by atoms with Crippen LogP contribution in [0.5, 0.6) is 0 Å². The van der Waals surface area contributed by atoms with Crippen LogP contribution >= 0.6 is 0 Å². The van der Waals surface area contributed by atoms with E-state index < -0.39 is 23.4 Å². The number of hydrogen-bond donors (Lipinski definition) is 1. The summed E-state index contributed by atoms with van der Waals surface area (Å²) in [4.78, 5) is 14.5. The molecular weight excluding hydrogens is 381 g/mol. The summed E-state index contributed by atoms with van der Waals surface area (Å²) >= 11 is 0. The number of aromatic nitrogens is 2. The number of rotatable bonds is 5. The van der Waals surface area contributed by atoms with E-state index in [1.165, 1.54) is 23.0 Å². The SMILES string of the molecule is CC(C)N(C)c1ccc(NC(=O)c2cn(C)nc2-c2ccc(F)cc2F)cc1F. The Balaban J connectivity index is 1.90. The lowest BCUT2D eigenvalue weighted by atomic mass is 10.1. The van der Waals surface area contributed by atoms with E-state index in [1.807, 2.05) is 13.8 Å². The van der Waals surface area contributed by atoms with E-state index in [0.29, 0.717) is 5.69 Å². The van der Waals surface area contributed by atoms with Crippen LogP contribution in [0.2, 0.25) is 0 Å². The van der Waals surface area contributed by atoms with Gasteiger partial charge in [-0.05, 0) is 44.2 Å². The Kier molecular flexibility index (Phi) is 5.63. The van der Waals surface area contributed by atoms with Crippen molar-refractivity contribution in [2.75, 3.05) is 17.3 Å². The largest absolute Gasteiger partial charge is 0.370 e. The maximum absolute atomic E-state index is 14.5. The summed E-state index contributed by atoms with van der Waals surface area (Å²) in [7, 11) is 3.36. The average Bonchev–Trinajstić information content (AvgIpc) is 3.03. The predicted octanol–water partition coefficient (Wildman–Crippen LogP) is 4.60. The highest BCUT2D eigenvalue weighted by atomic mass is 19.1. The van der Waals surface area contributed by atoms with Crippen LogP contribution in [0, 0.1) is 17.5 Å². The van der Waals surface area contributed by atoms with E-state index in [-0.39, 0.29) is 28.6 Å². The van der Waals surface area contributed by atoms with Crippen molar-refractivity contribution in [1.29, 1.82) is 0 Å². The molecule has 1 amide bonds. The second kappa shape index (κ2) is 7.98. The number of aryl methyl sites for hydroxylation is 1. The Morgan fingerprint density at radius 2 is 1.83 bits per heavy atom. The zero-order valence-electron chi connectivity index (χ0n) is 16.5. The third kappa shape index (κ3) is 4.26. The van der Waals surface area contributed by atoms with Gasteiger partial charge in [0.05, 0.1) is 11.3 Å². The van der Waals surface area contributed by atoms with Crippen molar-refractivity contribution in [2.24, 2.45) is 7.05 Å². The van der Waals surface area contributed by atoms with Gasteiger partial charge in [0.25, 0.3) is 5.91 Å². The fraction of sp³-hybridized carbons (Fsp3) is 0.238. The standard InChI is InChI=1S/C21H21F3N4O/c1-12(2)28(4)19-8-6-14(10-18(19)24)25-21(29)16-11-27(3)26-20(16)15-7-5-13(22)9-17(15)23/h5-12H,1-4H3,(H,25,29). The fourth-order valence-corrected chi connectivity index (χ4v) is 2.88. The first kappa shape index (κ1) is 20.4. The molecule has 0 bridgehead atoms. The first-order valence-electron chi connectivity index (χ1n) is 9.00. The molecule has 0 saturated heterocycles. The molecule has 3 rings (SSSR count). The van der Waals surface area contributed by atoms with Crippen LogP contribution < -0.4 is 10.2 Å². The Labute approximate surface area is 166 Å². The summed E-state index contributed by atoms with van der Waals surface area (Å²) in [6.07, 6.45) is 1.42. The number of nitrogens with one attached hydrogen (secondary N) is 1. The van der Waals surface area contributed by atoms with Gasteiger partial charge in [0.2, 0.25) is 0 Å². The molecule has 1 N–H and O–H groups in total. The molecule has 0 saturated carbocycles. The second-order valence-electron chi connectivity index (χ2n) is 7.01. The maximum Gasteiger partial charge on any atom is 0.259 e. The molecule has 1 aromatic heterocycles. The summed E-state index contributed by atoms with van der Waals surface area (Å²) < 4.78 is 43.2. The number of benzene rings is 2. The van der Waals surface area contributed by atoms with Gasteiger partial charge in [-0.2, -0.15) is 5.10 Å². The highest BCUT2D eigenvalue weighted by Gasteiger charge is 2.21. The van der Waals surface area contributed by atoms with Crippen molar-refractivity contribution in [3.8, 4) is 11.3 Å². The van der Waals surface area contributed by atoms with Crippen molar-refractivity contribution in [1.82, 2.24) is 9.78 Å². The van der Waals surface area contributed by atoms with Crippen LogP contribution in [-0.4, -0.2) is 28.8 Å². The average molecular weight is 402 g/mol. The first-order chi connectivity index (χ1) is 13.7. The predicted molar refractivity (Wildman–Crippen MR) is 106 cm³/mol. The lowest BCUT2D eigenvalue weighted by molar-refractivity contribution is 0.102. The molecule has 0 unspecified atom stereocenters. The summed E-state index contributed by atoms with van der Waals surface area (Å²) in [6.45, 7) is 3.88. The molecule has 3 aromatic rings. The third-order valence-electron chi connectivity index (χ3n) is 4.62. The minimum Gasteiger partial charge on any atom is -0.370 e. The fourth-order valence-electron chi connectivity index (χ4n) is 2.88. The maximum atomic E-state index is 14.5. The molecule has 2 aromatic carbocycles. The number of amides is 1. The zero-order valence-corrected chi connectivity index (χ0v) is 16.5. The minimum atomic E-state index is -0.829. The molecule has 0 radical (unpaired) electrons. The van der Waals surface area contributed by atoms with Gasteiger partial charge in [0.1, 0.15) is 23.1 Å². The molecule has 0 aliphatic heterocycles. The second-order valence-corrected chi connectivity index (χ2v) is 7.01. The molecule has 5 nitrogen and oxygen atoms in total. The number of halogens is 3. The Morgan fingerprint density at radius 1 is 1.10 bits per heavy atom. The smallest absolute Gasteiger partial charge is 0.259 e. The van der Waals surface area contributed by atoms with Crippen molar-refractivity contribution >= 4 is 17.3 Å². The van der Waals surface area contributed by atoms with Crippen LogP contribution in [0.1, 0.15) is 24.2 Å². The molecule has 1 heterocycles. The van der Waals surface area contributed by atoms with Gasteiger partial charge in [-0.25, -0.2) is 13.2 Å². The molecule has 29 heavy (non-hydrogen) atoms. The van der Waals surface area contributed by atoms with Crippen LogP contribution in [0.4, 0.5) is 24.5 Å². The van der Waals surface area contributed by atoms with Gasteiger partial charge in [-0.3, -0.25) is 9.48 Å². The Hall–Kier alpha value is -3.29. The van der Waals surface area contributed by atoms with Crippen LogP contribution in [0.25, 0.3) is 11.3 Å². The Bertz CT molecular complexity index is 1060. The van der Waals surface area contributed by atoms with Crippen LogP contribution in [0.3, 0.4) is 0 Å². The van der Waals surface area contributed by atoms with Gasteiger partial charge >= 0.3 is 0 Å². The van der Waals surface area contributed by atoms with Gasteiger partial charge in [-0.1, -0.05) is 0 Å². The normalized spacial score (nSPS) is 11.0. The van der Waals surface area contributed by atoms with Gasteiger partial charge in [0, 0.05) is 43.7 Å². The minimum absolute atomic E-state index is 0.00256. The molecule has 0 spiro atoms. The summed E-state index contributed by atoms with van der Waals surface area (Å²) in [6, 6.07) is 7.53. The quantitative estimate of drug-likeness (QED) is 0.679. The van der Waals surface area contributed by atoms with Crippen LogP contribution in [-0.2, 0) is 7.05 Å². The topological polar surface area (TPSA) is 50.2 Å². The van der Waals surface area contributed by atoms with Crippen molar-refractivity contribution in [2.45, 2.75) is 19.9 Å². The highest BCUT2D eigenvalue weighted by Crippen LogP contribution is 2.27. The number of carbonyl (C=O) groups excluding carboxylic acids is 1. The highest BCUT2D eigenvalue weighted by molar-refractivity contribution is 6.08. The number of carbonyl (C=O) groups is 1. The van der Waals surface area contributed by atoms with E-state index in [1.54, 1.807) is 31.1 Å². The van der Waals surface area contributed by atoms with E-state index in [4.69, 9.17) is 0 Å². The van der Waals surface area contributed by atoms with Crippen LogP contribution in [0.15, 0.2) is 42.6 Å². The summed E-state index contributed by atoms with van der Waals surface area (Å²) in [5.41, 5.74) is 0.814. The van der Waals surface area contributed by atoms with E-state index in [0.717, 1.165) is 12.1 Å². The van der Waals surface area contributed by atoms with Gasteiger partial charge < -0.3 is 10.2 Å². The molecule has 0 atom stereocenters. The molecule has 0 aliphatic carbocycles. The van der Waals surface area contributed by atoms with Crippen molar-refractivity contribution < 1.29 is 18.0 Å². The van der Waals surface area contributed by atoms with E-state index in [9.17, 15) is 18.0 Å². The molecule has 8 heteroatoms. The number of anilines is 2. The van der Waals surface area contributed by atoms with Gasteiger partial charge in [-0.15, -0.1) is 0 Å². The monoisotopic (exact) mass is 402 g/mol. The zero-order chi connectivity index (χ0) is 21.3. The number of nitrogens with zero attached hydrogens (tertiary/aromatic N) is 3. The first-order valence-corrected chi connectivity index (χ1v) is 9.00. The lowest BCUT2D eigenvalue weighted by Crippen LogP contribution is -2.26. The van der Waals surface area contributed by atoms with E-state index in [2.05, 4.69) is 10.4 Å². The molecular formula is C21H21F3N4O. The van der Waals surface area contributed by atoms with Crippen molar-refractivity contribution in [3.63, 3.8) is 0 Å². The van der Waals surface area contributed by atoms with Crippen molar-refractivity contribution in [3.05, 3.63) is 65.6 Å². The number of hydrogen-bond acceptors (Lipinski definition) is 3. The molecule has 0 fully saturated rings. The van der Waals surface area contributed by atoms with Gasteiger partial charge in [0.15, 0.2) is 0 Å². The summed E-state index contributed by atoms with van der Waals surface area (Å²) in [5.74, 6) is -2.61. The third-order valence-corrected chi connectivity index (χ3v) is 4.62.